The summed E-state index contributed by atoms with van der Waals surface area (Å²) >= 11 is 0. The second-order valence-electron chi connectivity index (χ2n) is 4.05. The standard InChI is InChI=1S/C11H18N2/c1-4-11(3,12)6-10-5-9(2)7-13-8-10/h5,7-8H,4,6,12H2,1-3H3. The maximum Gasteiger partial charge on any atom is 0.0300 e. The third kappa shape index (κ3) is 3.15. The summed E-state index contributed by atoms with van der Waals surface area (Å²) in [5.41, 5.74) is 8.40. The zero-order valence-corrected chi connectivity index (χ0v) is 8.67. The Kier molecular flexibility index (Phi) is 3.04. The van der Waals surface area contributed by atoms with E-state index in [1.165, 1.54) is 11.1 Å². The SMILES string of the molecule is CCC(C)(N)Cc1cncc(C)c1. The lowest BCUT2D eigenvalue weighted by atomic mass is 9.92. The monoisotopic (exact) mass is 178 g/mol. The van der Waals surface area contributed by atoms with Gasteiger partial charge in [-0.2, -0.15) is 0 Å². The van der Waals surface area contributed by atoms with Crippen molar-refractivity contribution in [2.24, 2.45) is 5.73 Å². The molecule has 0 bridgehead atoms. The van der Waals surface area contributed by atoms with Crippen LogP contribution < -0.4 is 5.73 Å². The van der Waals surface area contributed by atoms with Gasteiger partial charge in [-0.15, -0.1) is 0 Å². The van der Waals surface area contributed by atoms with E-state index in [0.29, 0.717) is 0 Å². The van der Waals surface area contributed by atoms with Crippen LogP contribution >= 0.6 is 0 Å². The minimum atomic E-state index is -0.102. The highest BCUT2D eigenvalue weighted by Gasteiger charge is 2.15. The molecule has 0 radical (unpaired) electrons. The molecule has 0 amide bonds. The van der Waals surface area contributed by atoms with Gasteiger partial charge in [0.25, 0.3) is 0 Å². The quantitative estimate of drug-likeness (QED) is 0.769. The van der Waals surface area contributed by atoms with E-state index in [0.717, 1.165) is 12.8 Å². The van der Waals surface area contributed by atoms with Crippen molar-refractivity contribution in [2.45, 2.75) is 39.2 Å². The summed E-state index contributed by atoms with van der Waals surface area (Å²) in [4.78, 5) is 4.15. The molecule has 1 rings (SSSR count). The first kappa shape index (κ1) is 10.2. The summed E-state index contributed by atoms with van der Waals surface area (Å²) in [6.07, 6.45) is 5.65. The Morgan fingerprint density at radius 1 is 1.46 bits per heavy atom. The number of aromatic nitrogens is 1. The number of hydrogen-bond donors (Lipinski definition) is 1. The molecular weight excluding hydrogens is 160 g/mol. The fraction of sp³-hybridized carbons (Fsp3) is 0.545. The maximum atomic E-state index is 6.07. The minimum absolute atomic E-state index is 0.102. The van der Waals surface area contributed by atoms with Crippen LogP contribution in [-0.4, -0.2) is 10.5 Å². The third-order valence-corrected chi connectivity index (χ3v) is 2.35. The molecule has 1 unspecified atom stereocenters. The Morgan fingerprint density at radius 3 is 2.69 bits per heavy atom. The predicted octanol–water partition coefficient (Wildman–Crippen LogP) is 2.06. The Bertz CT molecular complexity index is 279. The van der Waals surface area contributed by atoms with Gasteiger partial charge in [-0.05, 0) is 37.8 Å². The van der Waals surface area contributed by atoms with E-state index in [1.54, 1.807) is 0 Å². The van der Waals surface area contributed by atoms with E-state index in [4.69, 9.17) is 5.73 Å². The first-order valence-electron chi connectivity index (χ1n) is 4.73. The molecule has 2 N–H and O–H groups in total. The van der Waals surface area contributed by atoms with Gasteiger partial charge < -0.3 is 5.73 Å². The molecule has 0 aliphatic carbocycles. The second kappa shape index (κ2) is 3.88. The molecule has 0 spiro atoms. The van der Waals surface area contributed by atoms with Crippen molar-refractivity contribution in [1.82, 2.24) is 4.98 Å². The van der Waals surface area contributed by atoms with Crippen molar-refractivity contribution >= 4 is 0 Å². The molecule has 0 saturated carbocycles. The Balaban J connectivity index is 2.74. The molecule has 1 aromatic heterocycles. The van der Waals surface area contributed by atoms with Gasteiger partial charge in [-0.1, -0.05) is 13.0 Å². The van der Waals surface area contributed by atoms with Crippen LogP contribution in [0.1, 0.15) is 31.4 Å². The van der Waals surface area contributed by atoms with Crippen LogP contribution in [0.4, 0.5) is 0 Å². The Hall–Kier alpha value is -0.890. The van der Waals surface area contributed by atoms with E-state index < -0.39 is 0 Å². The van der Waals surface area contributed by atoms with Gasteiger partial charge in [0.1, 0.15) is 0 Å². The number of pyridine rings is 1. The summed E-state index contributed by atoms with van der Waals surface area (Å²) < 4.78 is 0. The Labute approximate surface area is 80.2 Å². The zero-order valence-electron chi connectivity index (χ0n) is 8.67. The normalized spacial score (nSPS) is 15.4. The van der Waals surface area contributed by atoms with Crippen LogP contribution in [0.25, 0.3) is 0 Å². The van der Waals surface area contributed by atoms with Crippen molar-refractivity contribution in [1.29, 1.82) is 0 Å². The molecule has 0 aliphatic rings. The average molecular weight is 178 g/mol. The topological polar surface area (TPSA) is 38.9 Å². The molecule has 0 aromatic carbocycles. The molecule has 0 aliphatic heterocycles. The Morgan fingerprint density at radius 2 is 2.15 bits per heavy atom. The number of aryl methyl sites for hydroxylation is 1. The van der Waals surface area contributed by atoms with Gasteiger partial charge in [0.15, 0.2) is 0 Å². The van der Waals surface area contributed by atoms with Gasteiger partial charge >= 0.3 is 0 Å². The molecule has 2 heteroatoms. The van der Waals surface area contributed by atoms with E-state index in [1.807, 2.05) is 12.4 Å². The van der Waals surface area contributed by atoms with Crippen molar-refractivity contribution in [3.8, 4) is 0 Å². The number of hydrogen-bond acceptors (Lipinski definition) is 2. The molecule has 13 heavy (non-hydrogen) atoms. The van der Waals surface area contributed by atoms with Crippen LogP contribution in [0.2, 0.25) is 0 Å². The zero-order chi connectivity index (χ0) is 9.90. The van der Waals surface area contributed by atoms with Gasteiger partial charge in [-0.25, -0.2) is 0 Å². The number of rotatable bonds is 3. The van der Waals surface area contributed by atoms with Crippen LogP contribution in [0.15, 0.2) is 18.5 Å². The lowest BCUT2D eigenvalue weighted by Gasteiger charge is -2.22. The van der Waals surface area contributed by atoms with Crippen molar-refractivity contribution in [3.63, 3.8) is 0 Å². The molecule has 1 heterocycles. The fourth-order valence-electron chi connectivity index (χ4n) is 1.31. The van der Waals surface area contributed by atoms with Crippen LogP contribution in [0.5, 0.6) is 0 Å². The first-order chi connectivity index (χ1) is 6.03. The summed E-state index contributed by atoms with van der Waals surface area (Å²) in [7, 11) is 0. The second-order valence-corrected chi connectivity index (χ2v) is 4.05. The van der Waals surface area contributed by atoms with Gasteiger partial charge in [0.2, 0.25) is 0 Å². The van der Waals surface area contributed by atoms with Crippen LogP contribution in [0.3, 0.4) is 0 Å². The highest BCUT2D eigenvalue weighted by atomic mass is 14.7. The molecule has 1 aromatic rings. The predicted molar refractivity (Wildman–Crippen MR) is 55.6 cm³/mol. The van der Waals surface area contributed by atoms with Crippen molar-refractivity contribution < 1.29 is 0 Å². The first-order valence-corrected chi connectivity index (χ1v) is 4.73. The van der Waals surface area contributed by atoms with E-state index in [9.17, 15) is 0 Å². The average Bonchev–Trinajstić information content (AvgIpc) is 2.03. The fourth-order valence-corrected chi connectivity index (χ4v) is 1.31. The maximum absolute atomic E-state index is 6.07. The minimum Gasteiger partial charge on any atom is -0.325 e. The van der Waals surface area contributed by atoms with Crippen molar-refractivity contribution in [2.75, 3.05) is 0 Å². The highest BCUT2D eigenvalue weighted by molar-refractivity contribution is 5.18. The van der Waals surface area contributed by atoms with Gasteiger partial charge in [-0.3, -0.25) is 4.98 Å². The van der Waals surface area contributed by atoms with Crippen LogP contribution in [0, 0.1) is 6.92 Å². The molecule has 72 valence electrons. The molecule has 1 atom stereocenters. The lowest BCUT2D eigenvalue weighted by Crippen LogP contribution is -2.37. The van der Waals surface area contributed by atoms with Crippen LogP contribution in [-0.2, 0) is 6.42 Å². The smallest absolute Gasteiger partial charge is 0.0300 e. The number of nitrogens with two attached hydrogens (primary N) is 1. The molecule has 0 fully saturated rings. The summed E-state index contributed by atoms with van der Waals surface area (Å²) in [6, 6.07) is 2.15. The van der Waals surface area contributed by atoms with Gasteiger partial charge in [0, 0.05) is 17.9 Å². The third-order valence-electron chi connectivity index (χ3n) is 2.35. The molecular formula is C11H18N2. The molecule has 2 nitrogen and oxygen atoms in total. The van der Waals surface area contributed by atoms with Gasteiger partial charge in [0.05, 0.1) is 0 Å². The van der Waals surface area contributed by atoms with E-state index in [2.05, 4.69) is 31.8 Å². The molecule has 0 saturated heterocycles. The number of nitrogens with zero attached hydrogens (tertiary/aromatic N) is 1. The van der Waals surface area contributed by atoms with E-state index >= 15 is 0 Å². The summed E-state index contributed by atoms with van der Waals surface area (Å²) in [6.45, 7) is 6.24. The largest absolute Gasteiger partial charge is 0.325 e. The van der Waals surface area contributed by atoms with E-state index in [-0.39, 0.29) is 5.54 Å². The highest BCUT2D eigenvalue weighted by Crippen LogP contribution is 2.13. The summed E-state index contributed by atoms with van der Waals surface area (Å²) in [5.74, 6) is 0. The lowest BCUT2D eigenvalue weighted by molar-refractivity contribution is 0.449. The summed E-state index contributed by atoms with van der Waals surface area (Å²) in [5, 5.41) is 0. The van der Waals surface area contributed by atoms with Crippen molar-refractivity contribution in [3.05, 3.63) is 29.6 Å².